The van der Waals surface area contributed by atoms with Gasteiger partial charge in [-0.05, 0) is 24.3 Å². The van der Waals surface area contributed by atoms with E-state index in [9.17, 15) is 0 Å². The SMILES string of the molecule is CO[Si](CCCSCCOCCSCCC[Si](OC)(OC)OC)(OC)OC. The summed E-state index contributed by atoms with van der Waals surface area (Å²) < 4.78 is 38.2. The van der Waals surface area contributed by atoms with E-state index in [4.69, 9.17) is 31.3 Å². The molecular formula is C16H38O7S2Si2. The Kier molecular flexibility index (Phi) is 18.2. The van der Waals surface area contributed by atoms with E-state index in [1.807, 2.05) is 23.5 Å². The Morgan fingerprint density at radius 3 is 1.15 bits per heavy atom. The number of ether oxygens (including phenoxy) is 1. The molecule has 7 nitrogen and oxygen atoms in total. The second-order valence-electron chi connectivity index (χ2n) is 5.63. The van der Waals surface area contributed by atoms with Gasteiger partial charge in [0.1, 0.15) is 0 Å². The van der Waals surface area contributed by atoms with Crippen molar-refractivity contribution in [2.75, 3.05) is 78.9 Å². The van der Waals surface area contributed by atoms with Crippen LogP contribution in [0.4, 0.5) is 0 Å². The van der Waals surface area contributed by atoms with E-state index in [2.05, 4.69) is 0 Å². The van der Waals surface area contributed by atoms with Gasteiger partial charge in [-0.15, -0.1) is 0 Å². The van der Waals surface area contributed by atoms with Gasteiger partial charge in [0.15, 0.2) is 0 Å². The lowest BCUT2D eigenvalue weighted by Gasteiger charge is -2.24. The summed E-state index contributed by atoms with van der Waals surface area (Å²) in [4.78, 5) is 0. The molecule has 0 radical (unpaired) electrons. The summed E-state index contributed by atoms with van der Waals surface area (Å²) in [5.41, 5.74) is 0. The Morgan fingerprint density at radius 1 is 0.519 bits per heavy atom. The van der Waals surface area contributed by atoms with Gasteiger partial charge in [-0.2, -0.15) is 23.5 Å². The lowest BCUT2D eigenvalue weighted by molar-refractivity contribution is 0.123. The van der Waals surface area contributed by atoms with Crippen molar-refractivity contribution >= 4 is 41.1 Å². The Hall–Kier alpha value is 0.854. The minimum Gasteiger partial charge on any atom is -0.380 e. The molecule has 164 valence electrons. The predicted octanol–water partition coefficient (Wildman–Crippen LogP) is 3.01. The minimum atomic E-state index is -2.40. The summed E-state index contributed by atoms with van der Waals surface area (Å²) in [6, 6.07) is 1.70. The van der Waals surface area contributed by atoms with Gasteiger partial charge in [0, 0.05) is 66.3 Å². The zero-order valence-electron chi connectivity index (χ0n) is 17.7. The first-order valence-corrected chi connectivity index (χ1v) is 15.3. The standard InChI is InChI=1S/C16H38O7S2Si2/c1-17-26(18-2,19-3)15-7-11-24-13-9-23-10-14-25-12-8-16-27(20-4,21-5)22-6/h7-16H2,1-6H3. The number of rotatable bonds is 20. The van der Waals surface area contributed by atoms with Crippen molar-refractivity contribution in [3.05, 3.63) is 0 Å². The highest BCUT2D eigenvalue weighted by Crippen LogP contribution is 2.18. The van der Waals surface area contributed by atoms with Gasteiger partial charge in [-0.25, -0.2) is 0 Å². The first-order valence-electron chi connectivity index (χ1n) is 9.11. The van der Waals surface area contributed by atoms with Crippen molar-refractivity contribution < 1.29 is 31.3 Å². The van der Waals surface area contributed by atoms with Gasteiger partial charge in [0.2, 0.25) is 0 Å². The third kappa shape index (κ3) is 12.2. The molecule has 0 aliphatic rings. The lowest BCUT2D eigenvalue weighted by Crippen LogP contribution is -2.42. The van der Waals surface area contributed by atoms with Crippen LogP contribution in [-0.2, 0) is 31.3 Å². The third-order valence-electron chi connectivity index (χ3n) is 4.15. The number of hydrogen-bond donors (Lipinski definition) is 0. The Labute approximate surface area is 176 Å². The average Bonchev–Trinajstić information content (AvgIpc) is 2.72. The molecule has 0 heterocycles. The van der Waals surface area contributed by atoms with Crippen LogP contribution in [0.2, 0.25) is 12.1 Å². The molecule has 0 aromatic rings. The van der Waals surface area contributed by atoms with Crippen LogP contribution >= 0.6 is 23.5 Å². The molecule has 0 fully saturated rings. The molecule has 0 saturated heterocycles. The van der Waals surface area contributed by atoms with E-state index in [1.54, 1.807) is 42.7 Å². The first kappa shape index (κ1) is 27.9. The molecule has 0 saturated carbocycles. The Bertz CT molecular complexity index is 289. The molecule has 0 spiro atoms. The molecule has 0 unspecified atom stereocenters. The number of thioether (sulfide) groups is 2. The van der Waals surface area contributed by atoms with Gasteiger partial charge < -0.3 is 31.3 Å². The molecule has 0 N–H and O–H groups in total. The van der Waals surface area contributed by atoms with Crippen LogP contribution in [0.15, 0.2) is 0 Å². The predicted molar refractivity (Wildman–Crippen MR) is 118 cm³/mol. The van der Waals surface area contributed by atoms with E-state index in [0.29, 0.717) is 0 Å². The van der Waals surface area contributed by atoms with E-state index in [-0.39, 0.29) is 0 Å². The summed E-state index contributed by atoms with van der Waals surface area (Å²) in [5.74, 6) is 4.14. The molecule has 27 heavy (non-hydrogen) atoms. The van der Waals surface area contributed by atoms with E-state index in [0.717, 1.165) is 61.2 Å². The van der Waals surface area contributed by atoms with Crippen LogP contribution in [0, 0.1) is 0 Å². The summed E-state index contributed by atoms with van der Waals surface area (Å²) >= 11 is 3.79. The third-order valence-corrected chi connectivity index (χ3v) is 11.9. The average molecular weight is 463 g/mol. The maximum absolute atomic E-state index is 5.68. The maximum atomic E-state index is 5.68. The summed E-state index contributed by atoms with van der Waals surface area (Å²) in [5, 5.41) is 0. The first-order chi connectivity index (χ1) is 13.1. The van der Waals surface area contributed by atoms with E-state index >= 15 is 0 Å². The second-order valence-corrected chi connectivity index (χ2v) is 14.3. The highest BCUT2D eigenvalue weighted by molar-refractivity contribution is 7.99. The maximum Gasteiger partial charge on any atom is 0.500 e. The molecule has 0 bridgehead atoms. The van der Waals surface area contributed by atoms with Crippen molar-refractivity contribution in [1.29, 1.82) is 0 Å². The zero-order chi connectivity index (χ0) is 20.4. The van der Waals surface area contributed by atoms with Crippen LogP contribution in [0.25, 0.3) is 0 Å². The molecule has 0 amide bonds. The molecule has 0 aliphatic heterocycles. The van der Waals surface area contributed by atoms with Crippen LogP contribution in [0.1, 0.15) is 12.8 Å². The zero-order valence-corrected chi connectivity index (χ0v) is 21.4. The van der Waals surface area contributed by atoms with Crippen LogP contribution in [0.5, 0.6) is 0 Å². The summed E-state index contributed by atoms with van der Waals surface area (Å²) in [7, 11) is 5.13. The minimum absolute atomic E-state index is 0.791. The topological polar surface area (TPSA) is 64.6 Å². The van der Waals surface area contributed by atoms with Crippen molar-refractivity contribution in [1.82, 2.24) is 0 Å². The fourth-order valence-electron chi connectivity index (χ4n) is 2.44. The molecule has 11 heteroatoms. The van der Waals surface area contributed by atoms with Gasteiger partial charge in [0.25, 0.3) is 0 Å². The van der Waals surface area contributed by atoms with Crippen molar-refractivity contribution in [2.24, 2.45) is 0 Å². The highest BCUT2D eigenvalue weighted by Gasteiger charge is 2.37. The summed E-state index contributed by atoms with van der Waals surface area (Å²) in [6.45, 7) is 1.58. The molecule has 0 aromatic carbocycles. The molecular weight excluding hydrogens is 424 g/mol. The molecule has 0 atom stereocenters. The molecule has 0 aromatic heterocycles. The monoisotopic (exact) mass is 462 g/mol. The van der Waals surface area contributed by atoms with Gasteiger partial charge >= 0.3 is 17.6 Å². The van der Waals surface area contributed by atoms with Gasteiger partial charge in [-0.3, -0.25) is 0 Å². The fraction of sp³-hybridized carbons (Fsp3) is 1.00. The quantitative estimate of drug-likeness (QED) is 0.201. The Morgan fingerprint density at radius 2 is 0.852 bits per heavy atom. The van der Waals surface area contributed by atoms with Gasteiger partial charge in [0.05, 0.1) is 13.2 Å². The van der Waals surface area contributed by atoms with Crippen LogP contribution < -0.4 is 0 Å². The van der Waals surface area contributed by atoms with Crippen molar-refractivity contribution in [3.63, 3.8) is 0 Å². The summed E-state index contributed by atoms with van der Waals surface area (Å²) in [6.07, 6.45) is 2.05. The van der Waals surface area contributed by atoms with E-state index < -0.39 is 17.6 Å². The highest BCUT2D eigenvalue weighted by atomic mass is 32.2. The molecule has 0 rings (SSSR count). The Balaban J connectivity index is 3.46. The lowest BCUT2D eigenvalue weighted by atomic mass is 10.6. The largest absolute Gasteiger partial charge is 0.500 e. The molecule has 0 aliphatic carbocycles. The van der Waals surface area contributed by atoms with Crippen LogP contribution in [-0.4, -0.2) is 96.5 Å². The fourth-order valence-corrected chi connectivity index (χ4v) is 7.97. The smallest absolute Gasteiger partial charge is 0.380 e. The van der Waals surface area contributed by atoms with Crippen molar-refractivity contribution in [3.8, 4) is 0 Å². The number of hydrogen-bond acceptors (Lipinski definition) is 9. The van der Waals surface area contributed by atoms with Crippen LogP contribution in [0.3, 0.4) is 0 Å². The normalized spacial score (nSPS) is 12.7. The van der Waals surface area contributed by atoms with E-state index in [1.165, 1.54) is 0 Å². The van der Waals surface area contributed by atoms with Crippen molar-refractivity contribution in [2.45, 2.75) is 24.9 Å². The van der Waals surface area contributed by atoms with Gasteiger partial charge in [-0.1, -0.05) is 0 Å². The second kappa shape index (κ2) is 17.7.